The Kier molecular flexibility index (Phi) is 3.86. The van der Waals surface area contributed by atoms with Crippen molar-refractivity contribution in [3.05, 3.63) is 41.6 Å². The minimum absolute atomic E-state index is 0.0824. The van der Waals surface area contributed by atoms with Crippen LogP contribution in [0.2, 0.25) is 0 Å². The van der Waals surface area contributed by atoms with Crippen molar-refractivity contribution in [3.8, 4) is 0 Å². The van der Waals surface area contributed by atoms with E-state index in [1.165, 1.54) is 6.07 Å². The number of rotatable bonds is 2. The van der Waals surface area contributed by atoms with Crippen molar-refractivity contribution in [1.82, 2.24) is 9.97 Å². The zero-order valence-electron chi connectivity index (χ0n) is 10.6. The fourth-order valence-corrected chi connectivity index (χ4v) is 1.60. The van der Waals surface area contributed by atoms with E-state index in [2.05, 4.69) is 15.3 Å². The molecule has 22 heavy (non-hydrogen) atoms. The zero-order valence-corrected chi connectivity index (χ0v) is 10.6. The molecule has 1 aromatic heterocycles. The lowest BCUT2D eigenvalue weighted by atomic mass is 10.2. The van der Waals surface area contributed by atoms with Gasteiger partial charge in [-0.1, -0.05) is 6.07 Å². The minimum Gasteiger partial charge on any atom is -0.368 e. The molecular formula is C12H8F6N4. The molecule has 0 unspecified atom stereocenters. The Morgan fingerprint density at radius 3 is 2.18 bits per heavy atom. The molecule has 10 heteroatoms. The third kappa shape index (κ3) is 3.77. The van der Waals surface area contributed by atoms with Crippen LogP contribution < -0.4 is 11.1 Å². The lowest BCUT2D eigenvalue weighted by Crippen LogP contribution is -2.12. The largest absolute Gasteiger partial charge is 0.433 e. The van der Waals surface area contributed by atoms with Gasteiger partial charge in [0.05, 0.1) is 5.56 Å². The first-order valence-corrected chi connectivity index (χ1v) is 5.72. The van der Waals surface area contributed by atoms with Crippen LogP contribution in [0.15, 0.2) is 30.3 Å². The maximum atomic E-state index is 12.6. The predicted molar refractivity (Wildman–Crippen MR) is 66.2 cm³/mol. The SMILES string of the molecule is Nc1nc(Nc2cccc(C(F)(F)F)c2)cc(C(F)(F)F)n1. The molecule has 0 aliphatic heterocycles. The molecule has 118 valence electrons. The highest BCUT2D eigenvalue weighted by atomic mass is 19.4. The Morgan fingerprint density at radius 1 is 0.909 bits per heavy atom. The molecule has 1 heterocycles. The summed E-state index contributed by atoms with van der Waals surface area (Å²) in [6, 6.07) is 4.49. The number of nitrogens with zero attached hydrogens (tertiary/aromatic N) is 2. The van der Waals surface area contributed by atoms with Gasteiger partial charge in [0.15, 0.2) is 5.69 Å². The van der Waals surface area contributed by atoms with E-state index in [1.807, 2.05) is 0 Å². The Labute approximate surface area is 120 Å². The number of hydrogen-bond acceptors (Lipinski definition) is 4. The van der Waals surface area contributed by atoms with Gasteiger partial charge in [-0.25, -0.2) is 4.98 Å². The lowest BCUT2D eigenvalue weighted by molar-refractivity contribution is -0.141. The number of benzene rings is 1. The summed E-state index contributed by atoms with van der Waals surface area (Å²) in [6.07, 6.45) is -9.32. The highest BCUT2D eigenvalue weighted by Gasteiger charge is 2.34. The quantitative estimate of drug-likeness (QED) is 0.825. The number of halogens is 6. The molecule has 2 aromatic rings. The highest BCUT2D eigenvalue weighted by molar-refractivity contribution is 5.58. The van der Waals surface area contributed by atoms with Gasteiger partial charge in [0.2, 0.25) is 5.95 Å². The van der Waals surface area contributed by atoms with E-state index < -0.39 is 29.6 Å². The molecule has 0 atom stereocenters. The smallest absolute Gasteiger partial charge is 0.368 e. The Hall–Kier alpha value is -2.52. The van der Waals surface area contributed by atoms with Crippen LogP contribution in [0.25, 0.3) is 0 Å². The van der Waals surface area contributed by atoms with Gasteiger partial charge >= 0.3 is 12.4 Å². The Bertz CT molecular complexity index is 680. The summed E-state index contributed by atoms with van der Waals surface area (Å²) in [5.41, 5.74) is 2.84. The van der Waals surface area contributed by atoms with Crippen LogP contribution in [-0.2, 0) is 12.4 Å². The molecule has 0 fully saturated rings. The van der Waals surface area contributed by atoms with Crippen LogP contribution in [0, 0.1) is 0 Å². The first-order chi connectivity index (χ1) is 10.1. The molecule has 1 aromatic carbocycles. The summed E-state index contributed by atoms with van der Waals surface area (Å²) in [6.45, 7) is 0. The van der Waals surface area contributed by atoms with Crippen LogP contribution in [0.5, 0.6) is 0 Å². The molecule has 0 radical (unpaired) electrons. The zero-order chi connectivity index (χ0) is 16.5. The first kappa shape index (κ1) is 15.9. The summed E-state index contributed by atoms with van der Waals surface area (Å²) >= 11 is 0. The number of nitrogens with one attached hydrogen (secondary N) is 1. The monoisotopic (exact) mass is 322 g/mol. The summed E-state index contributed by atoms with van der Waals surface area (Å²) in [7, 11) is 0. The van der Waals surface area contributed by atoms with Crippen molar-refractivity contribution in [2.45, 2.75) is 12.4 Å². The van der Waals surface area contributed by atoms with Crippen molar-refractivity contribution in [2.24, 2.45) is 0 Å². The fourth-order valence-electron chi connectivity index (χ4n) is 1.60. The summed E-state index contributed by atoms with van der Waals surface area (Å²) in [5, 5.41) is 2.34. The molecule has 0 aliphatic carbocycles. The van der Waals surface area contributed by atoms with E-state index in [0.29, 0.717) is 6.07 Å². The van der Waals surface area contributed by atoms with Crippen LogP contribution in [0.3, 0.4) is 0 Å². The molecule has 2 rings (SSSR count). The van der Waals surface area contributed by atoms with Crippen molar-refractivity contribution < 1.29 is 26.3 Å². The van der Waals surface area contributed by atoms with Gasteiger partial charge in [0.1, 0.15) is 5.82 Å². The highest BCUT2D eigenvalue weighted by Crippen LogP contribution is 2.32. The molecule has 4 nitrogen and oxygen atoms in total. The maximum Gasteiger partial charge on any atom is 0.433 e. The standard InChI is InChI=1S/C12H8F6N4/c13-11(14,15)6-2-1-3-7(4-6)20-9-5-8(12(16,17)18)21-10(19)22-9/h1-5H,(H3,19,20,21,22). The number of alkyl halides is 6. The van der Waals surface area contributed by atoms with Gasteiger partial charge in [0.25, 0.3) is 0 Å². The first-order valence-electron chi connectivity index (χ1n) is 5.72. The second kappa shape index (κ2) is 5.35. The van der Waals surface area contributed by atoms with Gasteiger partial charge in [-0.2, -0.15) is 31.3 Å². The van der Waals surface area contributed by atoms with Gasteiger partial charge in [-0.3, -0.25) is 0 Å². The van der Waals surface area contributed by atoms with Crippen LogP contribution in [0.1, 0.15) is 11.3 Å². The van der Waals surface area contributed by atoms with E-state index in [0.717, 1.165) is 18.2 Å². The van der Waals surface area contributed by atoms with E-state index >= 15 is 0 Å². The molecule has 0 saturated heterocycles. The topological polar surface area (TPSA) is 63.8 Å². The van der Waals surface area contributed by atoms with E-state index in [4.69, 9.17) is 5.73 Å². The van der Waals surface area contributed by atoms with Crippen LogP contribution in [0.4, 0.5) is 43.8 Å². The number of nitrogens with two attached hydrogens (primary N) is 1. The second-order valence-electron chi connectivity index (χ2n) is 4.20. The molecule has 0 saturated carbocycles. The Balaban J connectivity index is 2.34. The van der Waals surface area contributed by atoms with E-state index in [-0.39, 0.29) is 11.5 Å². The average Bonchev–Trinajstić information content (AvgIpc) is 2.36. The third-order valence-electron chi connectivity index (χ3n) is 2.50. The van der Waals surface area contributed by atoms with Crippen molar-refractivity contribution in [1.29, 1.82) is 0 Å². The molecule has 0 spiro atoms. The number of anilines is 3. The fraction of sp³-hybridized carbons (Fsp3) is 0.167. The van der Waals surface area contributed by atoms with Crippen molar-refractivity contribution >= 4 is 17.5 Å². The second-order valence-corrected chi connectivity index (χ2v) is 4.20. The lowest BCUT2D eigenvalue weighted by Gasteiger charge is -2.12. The summed E-state index contributed by atoms with van der Waals surface area (Å²) in [5.74, 6) is -1.01. The Morgan fingerprint density at radius 2 is 1.59 bits per heavy atom. The van der Waals surface area contributed by atoms with Crippen molar-refractivity contribution in [3.63, 3.8) is 0 Å². The van der Waals surface area contributed by atoms with Crippen molar-refractivity contribution in [2.75, 3.05) is 11.1 Å². The average molecular weight is 322 g/mol. The van der Waals surface area contributed by atoms with E-state index in [1.54, 1.807) is 0 Å². The number of nitrogen functional groups attached to an aromatic ring is 1. The molecular weight excluding hydrogens is 314 g/mol. The molecule has 0 amide bonds. The normalized spacial score (nSPS) is 12.3. The summed E-state index contributed by atoms with van der Waals surface area (Å²) in [4.78, 5) is 6.53. The van der Waals surface area contributed by atoms with Gasteiger partial charge in [-0.15, -0.1) is 0 Å². The van der Waals surface area contributed by atoms with E-state index in [9.17, 15) is 26.3 Å². The van der Waals surface area contributed by atoms with Gasteiger partial charge in [-0.05, 0) is 18.2 Å². The maximum absolute atomic E-state index is 12.6. The van der Waals surface area contributed by atoms with Crippen LogP contribution >= 0.6 is 0 Å². The number of aromatic nitrogens is 2. The minimum atomic E-state index is -4.75. The predicted octanol–water partition coefficient (Wildman–Crippen LogP) is 3.84. The number of hydrogen-bond donors (Lipinski definition) is 2. The van der Waals surface area contributed by atoms with Gasteiger partial charge in [0, 0.05) is 11.8 Å². The summed E-state index contributed by atoms with van der Waals surface area (Å²) < 4.78 is 75.5. The molecule has 0 aliphatic rings. The third-order valence-corrected chi connectivity index (χ3v) is 2.50. The molecule has 3 N–H and O–H groups in total. The molecule has 0 bridgehead atoms. The van der Waals surface area contributed by atoms with Gasteiger partial charge < -0.3 is 11.1 Å². The van der Waals surface area contributed by atoms with Crippen LogP contribution in [-0.4, -0.2) is 9.97 Å².